The first kappa shape index (κ1) is 34.1. The van der Waals surface area contributed by atoms with Gasteiger partial charge in [-0.05, 0) is 63.8 Å². The molecule has 3 amide bonds. The Labute approximate surface area is 264 Å². The lowest BCUT2D eigenvalue weighted by molar-refractivity contribution is -0.274. The molecule has 1 aliphatic heterocycles. The molecule has 0 bridgehead atoms. The number of nitrogens with zero attached hydrogens (tertiary/aromatic N) is 3. The third-order valence-electron chi connectivity index (χ3n) is 7.04. The molecule has 0 spiro atoms. The lowest BCUT2D eigenvalue weighted by Gasteiger charge is -2.30. The van der Waals surface area contributed by atoms with Crippen molar-refractivity contribution in [2.45, 2.75) is 71.5 Å². The highest BCUT2D eigenvalue weighted by atomic mass is 19.4. The van der Waals surface area contributed by atoms with Gasteiger partial charge in [0.05, 0.1) is 30.7 Å². The number of H-pyrrole nitrogens is 1. The SMILES string of the molecule is COC(=O)N[C@H](C(=O)N1CCC[C@H]1c1ncc(-c2ccc(-c3ccc(NC(=O)OC(C)(C)C)cc3OC(F)(F)F)nc2)[nH]1)C(C)C. The van der Waals surface area contributed by atoms with Crippen LogP contribution in [-0.4, -0.2) is 69.6 Å². The summed E-state index contributed by atoms with van der Waals surface area (Å²) in [4.78, 5) is 51.2. The zero-order valence-corrected chi connectivity index (χ0v) is 26.3. The lowest BCUT2D eigenvalue weighted by atomic mass is 10.0. The Bertz CT molecular complexity index is 1550. The molecule has 248 valence electrons. The van der Waals surface area contributed by atoms with E-state index in [-0.39, 0.29) is 34.8 Å². The van der Waals surface area contributed by atoms with Gasteiger partial charge in [-0.25, -0.2) is 14.6 Å². The van der Waals surface area contributed by atoms with Crippen LogP contribution in [0.4, 0.5) is 28.4 Å². The summed E-state index contributed by atoms with van der Waals surface area (Å²) in [5.74, 6) is -0.419. The number of aromatic nitrogens is 3. The molecule has 12 nitrogen and oxygen atoms in total. The number of pyridine rings is 1. The number of amides is 3. The van der Waals surface area contributed by atoms with Crippen LogP contribution in [0.1, 0.15) is 59.3 Å². The van der Waals surface area contributed by atoms with Gasteiger partial charge >= 0.3 is 18.5 Å². The molecule has 3 N–H and O–H groups in total. The maximum atomic E-state index is 13.4. The maximum Gasteiger partial charge on any atom is 0.573 e. The Morgan fingerprint density at radius 1 is 1.04 bits per heavy atom. The Hall–Kier alpha value is -4.82. The maximum absolute atomic E-state index is 13.4. The van der Waals surface area contributed by atoms with E-state index in [1.165, 1.54) is 31.5 Å². The van der Waals surface area contributed by atoms with Crippen LogP contribution in [0.3, 0.4) is 0 Å². The molecule has 0 radical (unpaired) electrons. The number of ether oxygens (including phenoxy) is 3. The zero-order chi connectivity index (χ0) is 33.8. The number of aromatic amines is 1. The van der Waals surface area contributed by atoms with Crippen LogP contribution in [0.25, 0.3) is 22.5 Å². The number of methoxy groups -OCH3 is 1. The topological polar surface area (TPSA) is 148 Å². The molecule has 1 aromatic carbocycles. The molecular formula is C31H37F3N6O6. The van der Waals surface area contributed by atoms with E-state index in [1.807, 2.05) is 13.8 Å². The highest BCUT2D eigenvalue weighted by Gasteiger charge is 2.37. The van der Waals surface area contributed by atoms with Crippen molar-refractivity contribution < 1.29 is 41.8 Å². The van der Waals surface area contributed by atoms with Crippen LogP contribution in [-0.2, 0) is 14.3 Å². The fourth-order valence-corrected chi connectivity index (χ4v) is 5.00. The number of halogens is 3. The lowest BCUT2D eigenvalue weighted by Crippen LogP contribution is -2.51. The smallest absolute Gasteiger partial charge is 0.453 e. The van der Waals surface area contributed by atoms with Crippen LogP contribution in [0, 0.1) is 5.92 Å². The number of rotatable bonds is 8. The minimum Gasteiger partial charge on any atom is -0.453 e. The van der Waals surface area contributed by atoms with Crippen LogP contribution in [0.2, 0.25) is 0 Å². The molecule has 0 saturated carbocycles. The summed E-state index contributed by atoms with van der Waals surface area (Å²) in [6.45, 7) is 9.14. The number of imidazole rings is 1. The van der Waals surface area contributed by atoms with Gasteiger partial charge in [0, 0.05) is 35.6 Å². The van der Waals surface area contributed by atoms with Crippen LogP contribution in [0.5, 0.6) is 5.75 Å². The summed E-state index contributed by atoms with van der Waals surface area (Å²) in [5.41, 5.74) is 0.669. The summed E-state index contributed by atoms with van der Waals surface area (Å²) in [5, 5.41) is 5.02. The van der Waals surface area contributed by atoms with E-state index >= 15 is 0 Å². The molecule has 1 fully saturated rings. The average molecular weight is 647 g/mol. The third-order valence-corrected chi connectivity index (χ3v) is 7.04. The summed E-state index contributed by atoms with van der Waals surface area (Å²) in [6.07, 6.45) is -2.03. The highest BCUT2D eigenvalue weighted by Crippen LogP contribution is 2.37. The van der Waals surface area contributed by atoms with E-state index in [0.717, 1.165) is 12.5 Å². The van der Waals surface area contributed by atoms with Gasteiger partial charge in [0.2, 0.25) is 5.91 Å². The van der Waals surface area contributed by atoms with Gasteiger partial charge in [0.15, 0.2) is 0 Å². The molecule has 2 aromatic heterocycles. The number of carbonyl (C=O) groups is 3. The summed E-state index contributed by atoms with van der Waals surface area (Å²) in [7, 11) is 1.24. The quantitative estimate of drug-likeness (QED) is 0.254. The first-order valence-electron chi connectivity index (χ1n) is 14.6. The Balaban J connectivity index is 1.54. The van der Waals surface area contributed by atoms with Gasteiger partial charge in [0.1, 0.15) is 23.2 Å². The summed E-state index contributed by atoms with van der Waals surface area (Å²) >= 11 is 0. The number of likely N-dealkylation sites (tertiary alicyclic amines) is 1. The van der Waals surface area contributed by atoms with Crippen molar-refractivity contribution in [1.29, 1.82) is 0 Å². The Kier molecular flexibility index (Phi) is 10.1. The van der Waals surface area contributed by atoms with E-state index in [2.05, 4.69) is 35.1 Å². The molecule has 15 heteroatoms. The average Bonchev–Trinajstić information content (AvgIpc) is 3.64. The van der Waals surface area contributed by atoms with Gasteiger partial charge in [0.25, 0.3) is 0 Å². The standard InChI is InChI=1S/C31H37F3N6O6/c1-17(2)25(39-28(42)44-6)27(41)40-13-7-8-23(40)26-36-16-22(38-26)18-9-12-21(35-15-18)20-11-10-19(14-24(20)45-31(32,33)34)37-29(43)46-30(3,4)5/h9-12,14-17,23,25H,7-8,13H2,1-6H3,(H,36,38)(H,37,43)(H,39,42)/t23-,25-/m0/s1. The van der Waals surface area contributed by atoms with Crippen LogP contribution in [0.15, 0.2) is 42.7 Å². The van der Waals surface area contributed by atoms with Crippen molar-refractivity contribution in [2.75, 3.05) is 19.0 Å². The highest BCUT2D eigenvalue weighted by molar-refractivity contribution is 5.87. The normalized spacial score (nSPS) is 15.8. The number of alkyl carbamates (subject to hydrolysis) is 1. The van der Waals surface area contributed by atoms with Gasteiger partial charge in [-0.1, -0.05) is 13.8 Å². The molecule has 3 aromatic rings. The van der Waals surface area contributed by atoms with Crippen molar-refractivity contribution in [3.63, 3.8) is 0 Å². The van der Waals surface area contributed by atoms with E-state index < -0.39 is 35.9 Å². The molecule has 4 rings (SSSR count). The number of benzene rings is 1. The molecule has 3 heterocycles. The van der Waals surface area contributed by atoms with Crippen molar-refractivity contribution in [3.8, 4) is 28.3 Å². The van der Waals surface area contributed by atoms with Gasteiger partial charge in [-0.2, -0.15) is 0 Å². The largest absolute Gasteiger partial charge is 0.573 e. The van der Waals surface area contributed by atoms with Gasteiger partial charge in [-0.3, -0.25) is 15.1 Å². The van der Waals surface area contributed by atoms with Crippen LogP contribution >= 0.6 is 0 Å². The predicted octanol–water partition coefficient (Wildman–Crippen LogP) is 6.43. The predicted molar refractivity (Wildman–Crippen MR) is 162 cm³/mol. The van der Waals surface area contributed by atoms with Crippen molar-refractivity contribution >= 4 is 23.8 Å². The second kappa shape index (κ2) is 13.7. The summed E-state index contributed by atoms with van der Waals surface area (Å²) in [6, 6.07) is 5.90. The van der Waals surface area contributed by atoms with Crippen molar-refractivity contribution in [3.05, 3.63) is 48.5 Å². The number of hydrogen-bond acceptors (Lipinski definition) is 8. The fraction of sp³-hybridized carbons (Fsp3) is 0.452. The number of carbonyl (C=O) groups excluding carboxylic acids is 3. The number of nitrogens with one attached hydrogen (secondary N) is 3. The summed E-state index contributed by atoms with van der Waals surface area (Å²) < 4.78 is 54.0. The third kappa shape index (κ3) is 8.67. The first-order valence-corrected chi connectivity index (χ1v) is 14.6. The fourth-order valence-electron chi connectivity index (χ4n) is 5.00. The molecular weight excluding hydrogens is 609 g/mol. The van der Waals surface area contributed by atoms with Crippen molar-refractivity contribution in [1.82, 2.24) is 25.2 Å². The van der Waals surface area contributed by atoms with Crippen molar-refractivity contribution in [2.24, 2.45) is 5.92 Å². The first-order chi connectivity index (χ1) is 21.5. The molecule has 46 heavy (non-hydrogen) atoms. The van der Waals surface area contributed by atoms with E-state index in [4.69, 9.17) is 4.74 Å². The molecule has 2 atom stereocenters. The minimum absolute atomic E-state index is 0.0408. The number of hydrogen-bond donors (Lipinski definition) is 3. The number of anilines is 1. The minimum atomic E-state index is -4.99. The van der Waals surface area contributed by atoms with E-state index in [9.17, 15) is 27.6 Å². The monoisotopic (exact) mass is 646 g/mol. The van der Waals surface area contributed by atoms with E-state index in [1.54, 1.807) is 37.9 Å². The Morgan fingerprint density at radius 3 is 2.39 bits per heavy atom. The second-order valence-electron chi connectivity index (χ2n) is 12.0. The van der Waals surface area contributed by atoms with Gasteiger partial charge < -0.3 is 29.4 Å². The zero-order valence-electron chi connectivity index (χ0n) is 26.3. The molecule has 0 aliphatic carbocycles. The van der Waals surface area contributed by atoms with Gasteiger partial charge in [-0.15, -0.1) is 13.2 Å². The van der Waals surface area contributed by atoms with E-state index in [0.29, 0.717) is 30.0 Å². The number of alkyl halides is 3. The van der Waals surface area contributed by atoms with Crippen LogP contribution < -0.4 is 15.4 Å². The second-order valence-corrected chi connectivity index (χ2v) is 12.0. The molecule has 0 unspecified atom stereocenters. The molecule has 1 aliphatic rings. The molecule has 1 saturated heterocycles. The Morgan fingerprint density at radius 2 is 1.78 bits per heavy atom.